The van der Waals surface area contributed by atoms with Crippen LogP contribution in [-0.2, 0) is 0 Å². The van der Waals surface area contributed by atoms with E-state index >= 15 is 0 Å². The first-order valence-electron chi connectivity index (χ1n) is 4.46. The zero-order valence-corrected chi connectivity index (χ0v) is 8.10. The van der Waals surface area contributed by atoms with E-state index in [0.717, 1.165) is 19.0 Å². The fourth-order valence-corrected chi connectivity index (χ4v) is 2.48. The van der Waals surface area contributed by atoms with Gasteiger partial charge in [0, 0.05) is 11.3 Å². The maximum atomic E-state index is 4.38. The van der Waals surface area contributed by atoms with Crippen LogP contribution >= 0.6 is 11.3 Å². The second kappa shape index (κ2) is 3.54. The minimum Gasteiger partial charge on any atom is -0.316 e. The van der Waals surface area contributed by atoms with Gasteiger partial charge in [-0.05, 0) is 25.4 Å². The summed E-state index contributed by atoms with van der Waals surface area (Å²) in [5.74, 6) is 1.43. The van der Waals surface area contributed by atoms with Gasteiger partial charge in [-0.15, -0.1) is 11.3 Å². The van der Waals surface area contributed by atoms with Gasteiger partial charge in [-0.25, -0.2) is 4.98 Å². The number of nitrogens with one attached hydrogen (secondary N) is 1. The van der Waals surface area contributed by atoms with Gasteiger partial charge in [0.2, 0.25) is 0 Å². The molecule has 1 aromatic heterocycles. The molecule has 1 saturated heterocycles. The van der Waals surface area contributed by atoms with Crippen molar-refractivity contribution in [3.8, 4) is 0 Å². The van der Waals surface area contributed by atoms with Crippen molar-refractivity contribution in [2.45, 2.75) is 19.3 Å². The van der Waals surface area contributed by atoms with Crippen molar-refractivity contribution < 1.29 is 0 Å². The lowest BCUT2D eigenvalue weighted by atomic mass is 9.86. The molecule has 2 heterocycles. The zero-order valence-electron chi connectivity index (χ0n) is 7.29. The van der Waals surface area contributed by atoms with Crippen molar-refractivity contribution in [1.29, 1.82) is 0 Å². The molecule has 2 nitrogen and oxygen atoms in total. The molecule has 66 valence electrons. The maximum Gasteiger partial charge on any atom is 0.0794 e. The number of thiazole rings is 1. The third-order valence-electron chi connectivity index (χ3n) is 2.62. The minimum atomic E-state index is 0.692. The van der Waals surface area contributed by atoms with Crippen molar-refractivity contribution in [3.05, 3.63) is 16.6 Å². The number of aromatic nitrogens is 1. The molecule has 0 radical (unpaired) electrons. The molecule has 2 unspecified atom stereocenters. The Labute approximate surface area is 77.0 Å². The highest BCUT2D eigenvalue weighted by atomic mass is 32.1. The van der Waals surface area contributed by atoms with Crippen LogP contribution in [0.15, 0.2) is 10.9 Å². The molecule has 2 rings (SSSR count). The summed E-state index contributed by atoms with van der Waals surface area (Å²) in [7, 11) is 0. The van der Waals surface area contributed by atoms with E-state index in [-0.39, 0.29) is 0 Å². The Hall–Kier alpha value is -0.410. The van der Waals surface area contributed by atoms with E-state index < -0.39 is 0 Å². The van der Waals surface area contributed by atoms with Crippen LogP contribution in [0.1, 0.15) is 25.0 Å². The summed E-state index contributed by atoms with van der Waals surface area (Å²) in [6, 6.07) is 0. The largest absolute Gasteiger partial charge is 0.316 e. The van der Waals surface area contributed by atoms with Crippen LogP contribution in [-0.4, -0.2) is 18.1 Å². The van der Waals surface area contributed by atoms with Crippen LogP contribution in [0.2, 0.25) is 0 Å². The Morgan fingerprint density at radius 1 is 1.67 bits per heavy atom. The number of piperidine rings is 1. The van der Waals surface area contributed by atoms with E-state index in [9.17, 15) is 0 Å². The van der Waals surface area contributed by atoms with Crippen LogP contribution in [0.3, 0.4) is 0 Å². The molecule has 1 aromatic rings. The van der Waals surface area contributed by atoms with E-state index in [2.05, 4.69) is 22.6 Å². The molecule has 0 spiro atoms. The standard InChI is InChI=1S/C9H14N2S/c1-7-4-10-3-2-8(7)9-5-12-6-11-9/h5-8,10H,2-4H2,1H3. The fourth-order valence-electron chi connectivity index (χ4n) is 1.86. The molecule has 1 aliphatic rings. The van der Waals surface area contributed by atoms with Crippen LogP contribution < -0.4 is 5.32 Å². The Morgan fingerprint density at radius 2 is 2.58 bits per heavy atom. The van der Waals surface area contributed by atoms with E-state index in [1.807, 2.05) is 5.51 Å². The molecule has 0 amide bonds. The number of nitrogens with zero attached hydrogens (tertiary/aromatic N) is 1. The highest BCUT2D eigenvalue weighted by Gasteiger charge is 2.23. The topological polar surface area (TPSA) is 24.9 Å². The maximum absolute atomic E-state index is 4.38. The third kappa shape index (κ3) is 1.52. The molecule has 2 atom stereocenters. The first kappa shape index (κ1) is 8.20. The predicted octanol–water partition coefficient (Wildman–Crippen LogP) is 1.86. The van der Waals surface area contributed by atoms with Gasteiger partial charge >= 0.3 is 0 Å². The lowest BCUT2D eigenvalue weighted by molar-refractivity contribution is 0.345. The highest BCUT2D eigenvalue weighted by molar-refractivity contribution is 7.07. The average Bonchev–Trinajstić information content (AvgIpc) is 2.57. The summed E-state index contributed by atoms with van der Waals surface area (Å²) in [4.78, 5) is 4.38. The van der Waals surface area contributed by atoms with E-state index in [1.165, 1.54) is 12.1 Å². The van der Waals surface area contributed by atoms with Crippen LogP contribution in [0.25, 0.3) is 0 Å². The lowest BCUT2D eigenvalue weighted by Crippen LogP contribution is -2.33. The summed E-state index contributed by atoms with van der Waals surface area (Å²) in [5, 5.41) is 5.59. The molecule has 3 heteroatoms. The summed E-state index contributed by atoms with van der Waals surface area (Å²) in [6.07, 6.45) is 1.24. The Kier molecular flexibility index (Phi) is 2.42. The molecule has 1 N–H and O–H groups in total. The molecule has 1 aliphatic heterocycles. The van der Waals surface area contributed by atoms with Crippen LogP contribution in [0, 0.1) is 5.92 Å². The van der Waals surface area contributed by atoms with E-state index in [4.69, 9.17) is 0 Å². The van der Waals surface area contributed by atoms with Gasteiger partial charge in [0.05, 0.1) is 11.2 Å². The first-order valence-corrected chi connectivity index (χ1v) is 5.41. The van der Waals surface area contributed by atoms with Gasteiger partial charge in [-0.2, -0.15) is 0 Å². The molecule has 0 aliphatic carbocycles. The van der Waals surface area contributed by atoms with Gasteiger partial charge in [0.15, 0.2) is 0 Å². The van der Waals surface area contributed by atoms with Crippen molar-refractivity contribution in [2.24, 2.45) is 5.92 Å². The Balaban J connectivity index is 2.11. The average molecular weight is 182 g/mol. The summed E-state index contributed by atoms with van der Waals surface area (Å²) in [5.41, 5.74) is 3.23. The lowest BCUT2D eigenvalue weighted by Gasteiger charge is -2.28. The minimum absolute atomic E-state index is 0.692. The van der Waals surface area contributed by atoms with Crippen molar-refractivity contribution in [2.75, 3.05) is 13.1 Å². The predicted molar refractivity (Wildman–Crippen MR) is 51.5 cm³/mol. The summed E-state index contributed by atoms with van der Waals surface area (Å²) >= 11 is 1.70. The molecular weight excluding hydrogens is 168 g/mol. The van der Waals surface area contributed by atoms with Gasteiger partial charge in [0.1, 0.15) is 0 Å². The van der Waals surface area contributed by atoms with E-state index in [0.29, 0.717) is 5.92 Å². The number of hydrogen-bond donors (Lipinski definition) is 1. The fraction of sp³-hybridized carbons (Fsp3) is 0.667. The molecule has 0 aromatic carbocycles. The number of rotatable bonds is 1. The van der Waals surface area contributed by atoms with Gasteiger partial charge < -0.3 is 5.32 Å². The smallest absolute Gasteiger partial charge is 0.0794 e. The highest BCUT2D eigenvalue weighted by Crippen LogP contribution is 2.29. The summed E-state index contributed by atoms with van der Waals surface area (Å²) < 4.78 is 0. The van der Waals surface area contributed by atoms with Crippen LogP contribution in [0.4, 0.5) is 0 Å². The molecule has 12 heavy (non-hydrogen) atoms. The van der Waals surface area contributed by atoms with Gasteiger partial charge in [-0.3, -0.25) is 0 Å². The van der Waals surface area contributed by atoms with Crippen molar-refractivity contribution in [3.63, 3.8) is 0 Å². The normalized spacial score (nSPS) is 30.4. The quantitative estimate of drug-likeness (QED) is 0.717. The van der Waals surface area contributed by atoms with Crippen LogP contribution in [0.5, 0.6) is 0 Å². The molecule has 0 bridgehead atoms. The monoisotopic (exact) mass is 182 g/mol. The third-order valence-corrected chi connectivity index (χ3v) is 3.22. The summed E-state index contributed by atoms with van der Waals surface area (Å²) in [6.45, 7) is 4.59. The second-order valence-electron chi connectivity index (χ2n) is 3.49. The Morgan fingerprint density at radius 3 is 3.25 bits per heavy atom. The zero-order chi connectivity index (χ0) is 8.39. The van der Waals surface area contributed by atoms with Gasteiger partial charge in [-0.1, -0.05) is 6.92 Å². The van der Waals surface area contributed by atoms with Gasteiger partial charge in [0.25, 0.3) is 0 Å². The molecule has 0 saturated carbocycles. The number of hydrogen-bond acceptors (Lipinski definition) is 3. The first-order chi connectivity index (χ1) is 5.88. The Bertz CT molecular complexity index is 233. The SMILES string of the molecule is CC1CNCCC1c1cscn1. The van der Waals surface area contributed by atoms with Crippen molar-refractivity contribution >= 4 is 11.3 Å². The van der Waals surface area contributed by atoms with Crippen molar-refractivity contribution in [1.82, 2.24) is 10.3 Å². The van der Waals surface area contributed by atoms with E-state index in [1.54, 1.807) is 11.3 Å². The second-order valence-corrected chi connectivity index (χ2v) is 4.21. The molecule has 1 fully saturated rings. The molecular formula is C9H14N2S.